The van der Waals surface area contributed by atoms with E-state index in [4.69, 9.17) is 4.74 Å². The van der Waals surface area contributed by atoms with Gasteiger partial charge in [0.1, 0.15) is 5.75 Å². The van der Waals surface area contributed by atoms with E-state index in [0.717, 1.165) is 29.7 Å². The highest BCUT2D eigenvalue weighted by Gasteiger charge is 2.38. The molecule has 1 saturated carbocycles. The maximum absolute atomic E-state index is 10.4. The minimum atomic E-state index is -0.908. The molecule has 0 saturated heterocycles. The fourth-order valence-corrected chi connectivity index (χ4v) is 2.79. The van der Waals surface area contributed by atoms with Crippen molar-refractivity contribution in [1.29, 1.82) is 0 Å². The summed E-state index contributed by atoms with van der Waals surface area (Å²) in [5, 5.41) is 20.6. The van der Waals surface area contributed by atoms with Crippen LogP contribution >= 0.6 is 0 Å². The van der Waals surface area contributed by atoms with Gasteiger partial charge in [-0.25, -0.2) is 0 Å². The van der Waals surface area contributed by atoms with Gasteiger partial charge in [-0.05, 0) is 31.4 Å². The third-order valence-electron chi connectivity index (χ3n) is 3.94. The normalized spacial score (nSPS) is 19.8. The van der Waals surface area contributed by atoms with Crippen LogP contribution in [0, 0.1) is 6.92 Å². The topological polar surface area (TPSA) is 49.7 Å². The molecule has 1 aliphatic rings. The molecule has 3 nitrogen and oxygen atoms in total. The van der Waals surface area contributed by atoms with Gasteiger partial charge in [0.05, 0.1) is 18.8 Å². The third kappa shape index (κ3) is 2.68. The van der Waals surface area contributed by atoms with Crippen molar-refractivity contribution in [1.82, 2.24) is 0 Å². The van der Waals surface area contributed by atoms with Crippen molar-refractivity contribution in [3.8, 4) is 5.75 Å². The van der Waals surface area contributed by atoms with Gasteiger partial charge in [0.15, 0.2) is 0 Å². The fourth-order valence-electron chi connectivity index (χ4n) is 2.79. The summed E-state index contributed by atoms with van der Waals surface area (Å²) >= 11 is 0. The number of methoxy groups -OCH3 is 1. The Morgan fingerprint density at radius 2 is 2.00 bits per heavy atom. The molecular formula is C15H22O3. The Labute approximate surface area is 108 Å². The molecule has 0 spiro atoms. The second-order valence-electron chi connectivity index (χ2n) is 5.35. The number of aryl methyl sites for hydroxylation is 1. The van der Waals surface area contributed by atoms with Gasteiger partial charge in [-0.3, -0.25) is 0 Å². The molecule has 1 atom stereocenters. The Morgan fingerprint density at radius 1 is 1.33 bits per heavy atom. The van der Waals surface area contributed by atoms with Crippen LogP contribution in [0.3, 0.4) is 0 Å². The molecule has 0 amide bonds. The smallest absolute Gasteiger partial charge is 0.122 e. The lowest BCUT2D eigenvalue weighted by atomic mass is 9.89. The van der Waals surface area contributed by atoms with Crippen molar-refractivity contribution >= 4 is 0 Å². The van der Waals surface area contributed by atoms with Crippen LogP contribution in [0.5, 0.6) is 5.75 Å². The van der Waals surface area contributed by atoms with E-state index in [1.165, 1.54) is 0 Å². The van der Waals surface area contributed by atoms with Crippen LogP contribution in [-0.2, 0) is 6.42 Å². The molecule has 0 aromatic heterocycles. The van der Waals surface area contributed by atoms with Gasteiger partial charge in [-0.2, -0.15) is 0 Å². The number of hydrogen-bond donors (Lipinski definition) is 2. The van der Waals surface area contributed by atoms with Crippen molar-refractivity contribution in [2.24, 2.45) is 0 Å². The van der Waals surface area contributed by atoms with Crippen molar-refractivity contribution in [2.45, 2.75) is 50.7 Å². The summed E-state index contributed by atoms with van der Waals surface area (Å²) in [6.45, 7) is 2.01. The molecule has 18 heavy (non-hydrogen) atoms. The maximum Gasteiger partial charge on any atom is 0.122 e. The lowest BCUT2D eigenvalue weighted by Gasteiger charge is -2.29. The van der Waals surface area contributed by atoms with E-state index < -0.39 is 11.7 Å². The maximum atomic E-state index is 10.4. The lowest BCUT2D eigenvalue weighted by Crippen LogP contribution is -2.40. The van der Waals surface area contributed by atoms with E-state index in [2.05, 4.69) is 0 Å². The van der Waals surface area contributed by atoms with Crippen LogP contribution in [0.15, 0.2) is 18.2 Å². The summed E-state index contributed by atoms with van der Waals surface area (Å²) in [7, 11) is 1.63. The largest absolute Gasteiger partial charge is 0.496 e. The van der Waals surface area contributed by atoms with E-state index in [1.807, 2.05) is 25.1 Å². The first kappa shape index (κ1) is 13.4. The zero-order chi connectivity index (χ0) is 13.2. The molecule has 100 valence electrons. The zero-order valence-corrected chi connectivity index (χ0v) is 11.1. The van der Waals surface area contributed by atoms with Crippen LogP contribution in [0.4, 0.5) is 0 Å². The quantitative estimate of drug-likeness (QED) is 0.861. The molecule has 1 fully saturated rings. The molecule has 0 radical (unpaired) electrons. The Hall–Kier alpha value is -1.06. The minimum Gasteiger partial charge on any atom is -0.496 e. The zero-order valence-electron chi connectivity index (χ0n) is 11.1. The van der Waals surface area contributed by atoms with E-state index in [1.54, 1.807) is 7.11 Å². The van der Waals surface area contributed by atoms with Crippen molar-refractivity contribution in [3.05, 3.63) is 29.3 Å². The first-order valence-electron chi connectivity index (χ1n) is 6.59. The number of aliphatic hydroxyl groups excluding tert-OH is 1. The summed E-state index contributed by atoms with van der Waals surface area (Å²) in [4.78, 5) is 0. The van der Waals surface area contributed by atoms with Crippen molar-refractivity contribution in [2.75, 3.05) is 7.11 Å². The molecule has 1 aromatic rings. The van der Waals surface area contributed by atoms with E-state index >= 15 is 0 Å². The van der Waals surface area contributed by atoms with Gasteiger partial charge in [-0.15, -0.1) is 0 Å². The highest BCUT2D eigenvalue weighted by atomic mass is 16.5. The minimum absolute atomic E-state index is 0.446. The van der Waals surface area contributed by atoms with Crippen LogP contribution in [-0.4, -0.2) is 29.0 Å². The molecule has 0 aliphatic heterocycles. The molecule has 1 aliphatic carbocycles. The highest BCUT2D eigenvalue weighted by molar-refractivity contribution is 5.37. The standard InChI is InChI=1S/C15H22O3/c1-11-5-6-13(18-2)12(9-11)10-14(16)15(17)7-3-4-8-15/h5-6,9,14,16-17H,3-4,7-8,10H2,1-2H3. The summed E-state index contributed by atoms with van der Waals surface area (Å²) in [6.07, 6.45) is 3.12. The SMILES string of the molecule is COc1ccc(C)cc1CC(O)C1(O)CCCC1. The Kier molecular flexibility index (Phi) is 3.93. The Bertz CT molecular complexity index is 408. The van der Waals surface area contributed by atoms with Gasteiger partial charge in [0.2, 0.25) is 0 Å². The predicted octanol–water partition coefficient (Wildman–Crippen LogP) is 2.21. The Balaban J connectivity index is 2.15. The van der Waals surface area contributed by atoms with E-state index in [-0.39, 0.29) is 0 Å². The van der Waals surface area contributed by atoms with Crippen LogP contribution in [0.1, 0.15) is 36.8 Å². The van der Waals surface area contributed by atoms with Gasteiger partial charge in [0, 0.05) is 6.42 Å². The van der Waals surface area contributed by atoms with Gasteiger partial charge in [0.25, 0.3) is 0 Å². The number of ether oxygens (including phenoxy) is 1. The fraction of sp³-hybridized carbons (Fsp3) is 0.600. The average molecular weight is 250 g/mol. The summed E-state index contributed by atoms with van der Waals surface area (Å²) in [6, 6.07) is 5.91. The van der Waals surface area contributed by atoms with E-state index in [9.17, 15) is 10.2 Å². The summed E-state index contributed by atoms with van der Waals surface area (Å²) in [5.74, 6) is 0.779. The van der Waals surface area contributed by atoms with Gasteiger partial charge in [-0.1, -0.05) is 30.5 Å². The van der Waals surface area contributed by atoms with Crippen LogP contribution in [0.2, 0.25) is 0 Å². The predicted molar refractivity (Wildman–Crippen MR) is 70.9 cm³/mol. The number of aliphatic hydroxyl groups is 2. The molecule has 1 aromatic carbocycles. The van der Waals surface area contributed by atoms with Crippen molar-refractivity contribution < 1.29 is 14.9 Å². The first-order chi connectivity index (χ1) is 8.55. The number of benzene rings is 1. The molecule has 2 rings (SSSR count). The van der Waals surface area contributed by atoms with Crippen molar-refractivity contribution in [3.63, 3.8) is 0 Å². The van der Waals surface area contributed by atoms with Gasteiger partial charge >= 0.3 is 0 Å². The van der Waals surface area contributed by atoms with Gasteiger partial charge < -0.3 is 14.9 Å². The molecular weight excluding hydrogens is 228 g/mol. The molecule has 0 bridgehead atoms. The average Bonchev–Trinajstić information content (AvgIpc) is 2.78. The molecule has 3 heteroatoms. The molecule has 1 unspecified atom stereocenters. The summed E-state index contributed by atoms with van der Waals surface area (Å²) in [5.41, 5.74) is 1.19. The van der Waals surface area contributed by atoms with Crippen LogP contribution in [0.25, 0.3) is 0 Å². The lowest BCUT2D eigenvalue weighted by molar-refractivity contribution is -0.0690. The summed E-state index contributed by atoms with van der Waals surface area (Å²) < 4.78 is 5.30. The number of rotatable bonds is 4. The second-order valence-corrected chi connectivity index (χ2v) is 5.35. The Morgan fingerprint density at radius 3 is 2.61 bits per heavy atom. The monoisotopic (exact) mass is 250 g/mol. The first-order valence-corrected chi connectivity index (χ1v) is 6.59. The second kappa shape index (κ2) is 5.29. The number of hydrogen-bond acceptors (Lipinski definition) is 3. The van der Waals surface area contributed by atoms with E-state index in [0.29, 0.717) is 19.3 Å². The molecule has 0 heterocycles. The molecule has 2 N–H and O–H groups in total. The highest BCUT2D eigenvalue weighted by Crippen LogP contribution is 2.34. The van der Waals surface area contributed by atoms with Crippen LogP contribution < -0.4 is 4.74 Å². The third-order valence-corrected chi connectivity index (χ3v) is 3.94.